The maximum atomic E-state index is 13.8. The van der Waals surface area contributed by atoms with Gasteiger partial charge in [-0.1, -0.05) is 13.8 Å². The smallest absolute Gasteiger partial charge is 0.203 e. The molecule has 2 rings (SSSR count). The maximum absolute atomic E-state index is 13.8. The minimum atomic E-state index is -2.08. The largest absolute Gasteiger partial charge is 0.223 e. The van der Waals surface area contributed by atoms with Gasteiger partial charge in [-0.05, 0) is 0 Å². The van der Waals surface area contributed by atoms with Crippen LogP contribution in [0.2, 0.25) is 0 Å². The van der Waals surface area contributed by atoms with E-state index in [-0.39, 0.29) is 0 Å². The van der Waals surface area contributed by atoms with E-state index in [2.05, 4.69) is 9.97 Å². The average molecular weight is 358 g/mol. The molecule has 130 valence electrons. The van der Waals surface area contributed by atoms with E-state index in [9.17, 15) is 26.3 Å². The molecule has 0 aliphatic rings. The first kappa shape index (κ1) is 19.9. The van der Waals surface area contributed by atoms with Crippen molar-refractivity contribution in [1.82, 2.24) is 9.97 Å². The number of nitriles is 2. The van der Waals surface area contributed by atoms with Gasteiger partial charge in [0.1, 0.15) is 11.6 Å². The zero-order chi connectivity index (χ0) is 19.3. The second kappa shape index (κ2) is 8.11. The minimum Gasteiger partial charge on any atom is -0.203 e. The lowest BCUT2D eigenvalue weighted by Gasteiger charge is -2.08. The van der Waals surface area contributed by atoms with Crippen molar-refractivity contribution in [3.05, 3.63) is 46.3 Å². The maximum Gasteiger partial charge on any atom is 0.223 e. The van der Waals surface area contributed by atoms with E-state index in [1.807, 2.05) is 13.8 Å². The zero-order valence-corrected chi connectivity index (χ0v) is 12.8. The molecule has 1 aromatic carbocycles. The second-order valence-electron chi connectivity index (χ2n) is 4.06. The number of halogens is 6. The molecule has 10 heteroatoms. The third-order valence-electron chi connectivity index (χ3n) is 2.76. The lowest BCUT2D eigenvalue weighted by atomic mass is 10.1. The van der Waals surface area contributed by atoms with Gasteiger partial charge < -0.3 is 0 Å². The van der Waals surface area contributed by atoms with Crippen molar-refractivity contribution in [2.75, 3.05) is 0 Å². The van der Waals surface area contributed by atoms with Crippen molar-refractivity contribution >= 4 is 0 Å². The Balaban J connectivity index is 0.00000151. The molecule has 0 bridgehead atoms. The first-order valence-electron chi connectivity index (χ1n) is 6.68. The van der Waals surface area contributed by atoms with Gasteiger partial charge in [0, 0.05) is 0 Å². The molecule has 0 unspecified atom stereocenters. The van der Waals surface area contributed by atoms with Crippen LogP contribution in [0.1, 0.15) is 25.0 Å². The average Bonchev–Trinajstić information content (AvgIpc) is 2.59. The topological polar surface area (TPSA) is 73.4 Å². The van der Waals surface area contributed by atoms with Gasteiger partial charge in [0.05, 0.1) is 23.6 Å². The summed E-state index contributed by atoms with van der Waals surface area (Å²) in [4.78, 5) is 5.83. The molecule has 0 aliphatic carbocycles. The molecule has 0 amide bonds. The molecule has 0 radical (unpaired) electrons. The normalized spacial score (nSPS) is 9.68. The van der Waals surface area contributed by atoms with Crippen molar-refractivity contribution in [2.45, 2.75) is 20.3 Å². The van der Waals surface area contributed by atoms with Gasteiger partial charge in [-0.15, -0.1) is 0 Å². The first-order valence-corrected chi connectivity index (χ1v) is 6.68. The zero-order valence-electron chi connectivity index (χ0n) is 12.8. The molecular weight excluding hydrogens is 350 g/mol. The molecule has 1 aromatic heterocycles. The summed E-state index contributed by atoms with van der Waals surface area (Å²) in [6.07, 6.45) is -0.765. The molecule has 1 heterocycles. The Morgan fingerprint density at radius 2 is 1.24 bits per heavy atom. The highest BCUT2D eigenvalue weighted by atomic mass is 19.2. The Morgan fingerprint density at radius 3 is 1.60 bits per heavy atom. The minimum absolute atomic E-state index is 0.765. The summed E-state index contributed by atoms with van der Waals surface area (Å²) in [5.41, 5.74) is -3.97. The number of hydrogen-bond donors (Lipinski definition) is 0. The van der Waals surface area contributed by atoms with Crippen LogP contribution in [0, 0.1) is 57.8 Å². The number of aromatic nitrogens is 2. The molecule has 25 heavy (non-hydrogen) atoms. The lowest BCUT2D eigenvalue weighted by molar-refractivity contribution is 0.451. The van der Waals surface area contributed by atoms with Crippen LogP contribution >= 0.6 is 0 Å². The summed E-state index contributed by atoms with van der Waals surface area (Å²) in [5, 5.41) is 16.8. The monoisotopic (exact) mass is 358 g/mol. The van der Waals surface area contributed by atoms with Crippen molar-refractivity contribution in [1.29, 1.82) is 10.5 Å². The third-order valence-corrected chi connectivity index (χ3v) is 2.76. The Morgan fingerprint density at radius 1 is 0.800 bits per heavy atom. The number of hydrogen-bond acceptors (Lipinski definition) is 4. The van der Waals surface area contributed by atoms with Crippen molar-refractivity contribution < 1.29 is 26.3 Å². The summed E-state index contributed by atoms with van der Waals surface area (Å²) < 4.78 is 81.7. The Kier molecular flexibility index (Phi) is 6.45. The van der Waals surface area contributed by atoms with Gasteiger partial charge in [0.2, 0.25) is 11.9 Å². The van der Waals surface area contributed by atoms with E-state index in [4.69, 9.17) is 10.5 Å². The summed E-state index contributed by atoms with van der Waals surface area (Å²) >= 11 is 0. The molecule has 0 saturated carbocycles. The van der Waals surface area contributed by atoms with Gasteiger partial charge in [0.15, 0.2) is 29.1 Å². The van der Waals surface area contributed by atoms with Crippen LogP contribution in [0.25, 0.3) is 11.4 Å². The predicted octanol–water partition coefficient (Wildman–Crippen LogP) is 3.94. The fourth-order valence-corrected chi connectivity index (χ4v) is 1.69. The van der Waals surface area contributed by atoms with E-state index in [0.29, 0.717) is 0 Å². The Labute approximate surface area is 138 Å². The third kappa shape index (κ3) is 3.53. The Bertz CT molecular complexity index is 846. The fourth-order valence-electron chi connectivity index (χ4n) is 1.69. The summed E-state index contributed by atoms with van der Waals surface area (Å²) in [6.45, 7) is 4.00. The van der Waals surface area contributed by atoms with Crippen LogP contribution in [0.3, 0.4) is 0 Å². The molecule has 0 fully saturated rings. The van der Waals surface area contributed by atoms with Crippen LogP contribution in [0.4, 0.5) is 26.3 Å². The van der Waals surface area contributed by atoms with Crippen LogP contribution in [-0.2, 0) is 6.42 Å². The van der Waals surface area contributed by atoms with Gasteiger partial charge in [0.25, 0.3) is 0 Å². The molecular formula is C15H8F6N4. The van der Waals surface area contributed by atoms with Gasteiger partial charge in [-0.2, -0.15) is 29.3 Å². The first-order chi connectivity index (χ1) is 11.8. The van der Waals surface area contributed by atoms with E-state index < -0.39 is 64.1 Å². The van der Waals surface area contributed by atoms with E-state index in [1.54, 1.807) is 0 Å². The van der Waals surface area contributed by atoms with E-state index in [0.717, 1.165) is 6.07 Å². The lowest BCUT2D eigenvalue weighted by Crippen LogP contribution is -2.09. The Hall–Kier alpha value is -3.14. The van der Waals surface area contributed by atoms with Crippen LogP contribution in [0.15, 0.2) is 0 Å². The summed E-state index contributed by atoms with van der Waals surface area (Å²) in [7, 11) is 0. The van der Waals surface area contributed by atoms with Crippen molar-refractivity contribution in [2.24, 2.45) is 0 Å². The number of benzene rings is 1. The molecule has 0 N–H and O–H groups in total. The second-order valence-corrected chi connectivity index (χ2v) is 4.06. The molecule has 2 aromatic rings. The van der Waals surface area contributed by atoms with Crippen molar-refractivity contribution in [3.8, 4) is 23.5 Å². The summed E-state index contributed by atoms with van der Waals surface area (Å²) in [5.74, 6) is -12.8. The van der Waals surface area contributed by atoms with Crippen LogP contribution < -0.4 is 0 Å². The highest BCUT2D eigenvalue weighted by molar-refractivity contribution is 5.59. The van der Waals surface area contributed by atoms with Crippen LogP contribution in [0.5, 0.6) is 0 Å². The molecule has 4 nitrogen and oxygen atoms in total. The summed E-state index contributed by atoms with van der Waals surface area (Å²) in [6, 6.07) is 2.33. The number of nitrogens with zero attached hydrogens (tertiary/aromatic N) is 4. The van der Waals surface area contributed by atoms with Gasteiger partial charge in [-0.3, -0.25) is 0 Å². The van der Waals surface area contributed by atoms with Gasteiger partial charge >= 0.3 is 0 Å². The molecule has 0 atom stereocenters. The number of rotatable bonds is 2. The highest BCUT2D eigenvalue weighted by Gasteiger charge is 2.29. The fraction of sp³-hybridized carbons (Fsp3) is 0.200. The van der Waals surface area contributed by atoms with Crippen LogP contribution in [-0.4, -0.2) is 9.97 Å². The van der Waals surface area contributed by atoms with E-state index in [1.165, 1.54) is 6.07 Å². The SMILES string of the molecule is CC.N#CCc1c(F)nc(-c2c(F)c(F)c(C#N)c(F)c2F)nc1F. The molecule has 0 aliphatic heterocycles. The van der Waals surface area contributed by atoms with Crippen molar-refractivity contribution in [3.63, 3.8) is 0 Å². The molecule has 0 spiro atoms. The molecule has 0 saturated heterocycles. The van der Waals surface area contributed by atoms with Gasteiger partial charge in [-0.25, -0.2) is 17.6 Å². The quantitative estimate of drug-likeness (QED) is 0.463. The predicted molar refractivity (Wildman–Crippen MR) is 72.6 cm³/mol. The standard InChI is InChI=1S/C13H2F6N4.C2H6/c14-7-5(3-21)8(15)10(17)6(9(7)16)13-22-11(18)4(1-2-20)12(19)23-13;1-2/h1H2;1-2H3. The van der Waals surface area contributed by atoms with E-state index >= 15 is 0 Å². The highest BCUT2D eigenvalue weighted by Crippen LogP contribution is 2.30.